The number of hydrogen-bond acceptors (Lipinski definition) is 7. The molecule has 2 heterocycles. The first kappa shape index (κ1) is 15.0. The van der Waals surface area contributed by atoms with Gasteiger partial charge in [-0.2, -0.15) is 0 Å². The number of rotatable bonds is 4. The van der Waals surface area contributed by atoms with Gasteiger partial charge < -0.3 is 14.8 Å². The first-order valence-corrected chi connectivity index (χ1v) is 7.20. The van der Waals surface area contributed by atoms with E-state index in [1.165, 1.54) is 0 Å². The Morgan fingerprint density at radius 1 is 1.39 bits per heavy atom. The molecule has 0 spiro atoms. The Balaban J connectivity index is 2.06. The molecule has 2 aromatic rings. The number of carbonyl (C=O) groups is 1. The normalized spacial score (nSPS) is 19.7. The monoisotopic (exact) mass is 315 g/mol. The summed E-state index contributed by atoms with van der Waals surface area (Å²) in [6.07, 6.45) is 0. The number of carbonyl (C=O) groups excluding carboxylic acids is 1. The van der Waals surface area contributed by atoms with E-state index in [1.54, 1.807) is 18.7 Å². The second kappa shape index (κ2) is 6.07. The molecule has 1 N–H and O–H groups in total. The van der Waals surface area contributed by atoms with Crippen LogP contribution in [0.25, 0.3) is 0 Å². The highest BCUT2D eigenvalue weighted by Gasteiger charge is 2.40. The Kier molecular flexibility index (Phi) is 3.96. The van der Waals surface area contributed by atoms with Gasteiger partial charge in [0.05, 0.1) is 13.7 Å². The molecule has 0 aliphatic carbocycles. The zero-order chi connectivity index (χ0) is 16.4. The maximum Gasteiger partial charge on any atom is 0.317 e. The van der Waals surface area contributed by atoms with Gasteiger partial charge in [0.25, 0.3) is 0 Å². The van der Waals surface area contributed by atoms with Gasteiger partial charge in [0, 0.05) is 5.70 Å². The lowest BCUT2D eigenvalue weighted by molar-refractivity contribution is -0.147. The van der Waals surface area contributed by atoms with Crippen LogP contribution in [0.1, 0.15) is 18.5 Å². The van der Waals surface area contributed by atoms with Crippen LogP contribution in [0.5, 0.6) is 5.75 Å². The summed E-state index contributed by atoms with van der Waals surface area (Å²) in [6.45, 7) is 6.00. The zero-order valence-electron chi connectivity index (χ0n) is 12.9. The van der Waals surface area contributed by atoms with Crippen molar-refractivity contribution in [2.24, 2.45) is 5.92 Å². The number of hydrogen-bond donors (Lipinski definition) is 1. The van der Waals surface area contributed by atoms with Crippen LogP contribution in [0.3, 0.4) is 0 Å². The Morgan fingerprint density at radius 2 is 2.13 bits per heavy atom. The molecule has 8 nitrogen and oxygen atoms in total. The number of esters is 1. The minimum Gasteiger partial charge on any atom is -0.497 e. The van der Waals surface area contributed by atoms with Crippen LogP contribution in [0.4, 0.5) is 5.95 Å². The van der Waals surface area contributed by atoms with Gasteiger partial charge >= 0.3 is 5.97 Å². The van der Waals surface area contributed by atoms with Gasteiger partial charge in [0.2, 0.25) is 5.95 Å². The van der Waals surface area contributed by atoms with E-state index in [0.29, 0.717) is 18.3 Å². The fraction of sp³-hybridized carbons (Fsp3) is 0.333. The van der Waals surface area contributed by atoms with Gasteiger partial charge in [-0.3, -0.25) is 4.79 Å². The highest BCUT2D eigenvalue weighted by atomic mass is 16.5. The molecule has 0 bridgehead atoms. The molecule has 0 radical (unpaired) electrons. The Hall–Kier alpha value is -2.90. The van der Waals surface area contributed by atoms with E-state index >= 15 is 0 Å². The number of tetrazole rings is 1. The van der Waals surface area contributed by atoms with Gasteiger partial charge in [-0.1, -0.05) is 23.8 Å². The molecule has 1 aliphatic rings. The van der Waals surface area contributed by atoms with Crippen molar-refractivity contribution in [3.8, 4) is 5.75 Å². The lowest BCUT2D eigenvalue weighted by atomic mass is 9.89. The number of nitrogens with zero attached hydrogens (tertiary/aromatic N) is 4. The molecule has 1 aromatic carbocycles. The molecule has 8 heteroatoms. The number of aromatic nitrogens is 4. The van der Waals surface area contributed by atoms with E-state index in [4.69, 9.17) is 9.47 Å². The average molecular weight is 315 g/mol. The van der Waals surface area contributed by atoms with E-state index in [1.807, 2.05) is 24.3 Å². The molecule has 1 aromatic heterocycles. The largest absolute Gasteiger partial charge is 0.497 e. The van der Waals surface area contributed by atoms with Gasteiger partial charge in [-0.05, 0) is 35.0 Å². The minimum atomic E-state index is -0.626. The molecular weight excluding hydrogens is 298 g/mol. The van der Waals surface area contributed by atoms with Gasteiger partial charge in [0.1, 0.15) is 17.7 Å². The van der Waals surface area contributed by atoms with Crippen LogP contribution in [0.2, 0.25) is 0 Å². The topological polar surface area (TPSA) is 91.2 Å². The molecular formula is C15H17N5O3. The van der Waals surface area contributed by atoms with Crippen molar-refractivity contribution in [3.05, 3.63) is 42.1 Å². The predicted octanol–water partition coefficient (Wildman–Crippen LogP) is 1.39. The summed E-state index contributed by atoms with van der Waals surface area (Å²) in [4.78, 5) is 12.4. The van der Waals surface area contributed by atoms with Crippen molar-refractivity contribution < 1.29 is 14.3 Å². The lowest BCUT2D eigenvalue weighted by Crippen LogP contribution is -2.37. The predicted molar refractivity (Wildman–Crippen MR) is 81.8 cm³/mol. The van der Waals surface area contributed by atoms with Crippen molar-refractivity contribution in [1.82, 2.24) is 20.2 Å². The number of benzene rings is 1. The van der Waals surface area contributed by atoms with E-state index < -0.39 is 12.0 Å². The third kappa shape index (κ3) is 2.63. The first-order valence-electron chi connectivity index (χ1n) is 7.20. The molecule has 0 saturated heterocycles. The van der Waals surface area contributed by atoms with Gasteiger partial charge in [-0.15, -0.1) is 0 Å². The summed E-state index contributed by atoms with van der Waals surface area (Å²) in [5.74, 6) is 0.175. The summed E-state index contributed by atoms with van der Waals surface area (Å²) in [7, 11) is 1.60. The minimum absolute atomic E-state index is 0.292. The van der Waals surface area contributed by atoms with Crippen molar-refractivity contribution in [1.29, 1.82) is 0 Å². The standard InChI is InChI=1S/C15H17N5O3/c1-4-23-14(21)12-9(2)16-15-17-18-19-20(15)13(12)10-5-7-11(22-3)8-6-10/h5-8,12-13H,2,4H2,1,3H3,(H,16,17,19). The molecule has 1 aliphatic heterocycles. The fourth-order valence-corrected chi connectivity index (χ4v) is 2.65. The van der Waals surface area contributed by atoms with E-state index in [9.17, 15) is 4.79 Å². The van der Waals surface area contributed by atoms with Crippen molar-refractivity contribution in [3.63, 3.8) is 0 Å². The van der Waals surface area contributed by atoms with Crippen molar-refractivity contribution in [2.45, 2.75) is 13.0 Å². The van der Waals surface area contributed by atoms with Crippen LogP contribution in [-0.2, 0) is 9.53 Å². The number of methoxy groups -OCH3 is 1. The zero-order valence-corrected chi connectivity index (χ0v) is 12.9. The highest BCUT2D eigenvalue weighted by Crippen LogP contribution is 2.37. The molecule has 120 valence electrons. The summed E-state index contributed by atoms with van der Waals surface area (Å²) in [6, 6.07) is 6.97. The Morgan fingerprint density at radius 3 is 2.78 bits per heavy atom. The molecule has 23 heavy (non-hydrogen) atoms. The van der Waals surface area contributed by atoms with Crippen LogP contribution in [0, 0.1) is 5.92 Å². The highest BCUT2D eigenvalue weighted by molar-refractivity contribution is 5.79. The van der Waals surface area contributed by atoms with Crippen LogP contribution >= 0.6 is 0 Å². The summed E-state index contributed by atoms with van der Waals surface area (Å²) < 4.78 is 11.9. The molecule has 2 atom stereocenters. The maximum absolute atomic E-state index is 12.4. The molecule has 2 unspecified atom stereocenters. The Bertz CT molecular complexity index is 725. The fourth-order valence-electron chi connectivity index (χ4n) is 2.65. The number of nitrogens with one attached hydrogen (secondary N) is 1. The lowest BCUT2D eigenvalue weighted by Gasteiger charge is -2.32. The summed E-state index contributed by atoms with van der Waals surface area (Å²) >= 11 is 0. The number of fused-ring (bicyclic) bond motifs is 1. The molecule has 0 saturated carbocycles. The van der Waals surface area contributed by atoms with Gasteiger partial charge in [0.15, 0.2) is 0 Å². The van der Waals surface area contributed by atoms with Crippen LogP contribution < -0.4 is 10.1 Å². The van der Waals surface area contributed by atoms with E-state index in [0.717, 1.165) is 11.3 Å². The number of anilines is 1. The van der Waals surface area contributed by atoms with Gasteiger partial charge in [-0.25, -0.2) is 4.68 Å². The average Bonchev–Trinajstić information content (AvgIpc) is 3.01. The third-order valence-corrected chi connectivity index (χ3v) is 3.72. The molecule has 0 amide bonds. The maximum atomic E-state index is 12.4. The Labute approximate surface area is 133 Å². The smallest absolute Gasteiger partial charge is 0.317 e. The third-order valence-electron chi connectivity index (χ3n) is 3.72. The second-order valence-corrected chi connectivity index (χ2v) is 5.05. The SMILES string of the molecule is C=C1Nc2nnnn2C(c2ccc(OC)cc2)C1C(=O)OCC. The molecule has 0 fully saturated rings. The van der Waals surface area contributed by atoms with E-state index in [2.05, 4.69) is 27.4 Å². The summed E-state index contributed by atoms with van der Waals surface area (Å²) in [5.41, 5.74) is 1.37. The van der Waals surface area contributed by atoms with E-state index in [-0.39, 0.29) is 5.97 Å². The summed E-state index contributed by atoms with van der Waals surface area (Å²) in [5, 5.41) is 14.5. The molecule has 3 rings (SSSR count). The second-order valence-electron chi connectivity index (χ2n) is 5.05. The quantitative estimate of drug-likeness (QED) is 0.852. The van der Waals surface area contributed by atoms with Crippen LogP contribution in [0.15, 0.2) is 36.5 Å². The van der Waals surface area contributed by atoms with Crippen molar-refractivity contribution in [2.75, 3.05) is 19.0 Å². The first-order chi connectivity index (χ1) is 11.2. The van der Waals surface area contributed by atoms with Crippen molar-refractivity contribution >= 4 is 11.9 Å². The number of ether oxygens (including phenoxy) is 2. The van der Waals surface area contributed by atoms with Crippen LogP contribution in [-0.4, -0.2) is 39.9 Å².